The van der Waals surface area contributed by atoms with Crippen LogP contribution in [0, 0.1) is 0 Å². The Balaban J connectivity index is 1.44. The van der Waals surface area contributed by atoms with Crippen LogP contribution in [0.3, 0.4) is 0 Å². The molecule has 4 aromatic rings. The van der Waals surface area contributed by atoms with Gasteiger partial charge in [-0.2, -0.15) is 23.4 Å². The van der Waals surface area contributed by atoms with Crippen molar-refractivity contribution >= 4 is 28.4 Å². The smallest absolute Gasteiger partial charge is 0.378 e. The fourth-order valence-electron chi connectivity index (χ4n) is 4.40. The minimum absolute atomic E-state index is 0.00279. The van der Waals surface area contributed by atoms with E-state index in [2.05, 4.69) is 30.6 Å². The average Bonchev–Trinajstić information content (AvgIpc) is 3.47. The molecule has 4 aromatic heterocycles. The van der Waals surface area contributed by atoms with Crippen LogP contribution in [-0.2, 0) is 16.8 Å². The number of halogens is 3. The molecule has 0 radical (unpaired) electrons. The zero-order chi connectivity index (χ0) is 27.9. The minimum Gasteiger partial charge on any atom is -0.378 e. The normalized spacial score (nSPS) is 14.5. The number of nitrogens with zero attached hydrogens (tertiary/aromatic N) is 7. The summed E-state index contributed by atoms with van der Waals surface area (Å²) in [5, 5.41) is 14.4. The van der Waals surface area contributed by atoms with Gasteiger partial charge in [0.1, 0.15) is 12.2 Å². The van der Waals surface area contributed by atoms with E-state index in [-0.39, 0.29) is 11.6 Å². The van der Waals surface area contributed by atoms with Crippen LogP contribution in [0.5, 0.6) is 0 Å². The van der Waals surface area contributed by atoms with E-state index < -0.39 is 24.3 Å². The highest BCUT2D eigenvalue weighted by Crippen LogP contribution is 2.34. The van der Waals surface area contributed by atoms with Crippen molar-refractivity contribution in [3.05, 3.63) is 48.5 Å². The number of hydrogen-bond acceptors (Lipinski definition) is 7. The topological polar surface area (TPSA) is 117 Å². The Morgan fingerprint density at radius 1 is 1.23 bits per heavy atom. The van der Waals surface area contributed by atoms with Crippen LogP contribution in [0.4, 0.5) is 29.5 Å². The third-order valence-corrected chi connectivity index (χ3v) is 7.00. The number of alkyl halides is 3. The third-order valence-electron chi connectivity index (χ3n) is 7.00. The fourth-order valence-corrected chi connectivity index (χ4v) is 4.40. The molecule has 0 bridgehead atoms. The Morgan fingerprint density at radius 2 is 2.00 bits per heavy atom. The Labute approximate surface area is 222 Å². The third kappa shape index (κ3) is 5.11. The molecule has 5 rings (SSSR count). The first-order valence-electron chi connectivity index (χ1n) is 12.2. The van der Waals surface area contributed by atoms with E-state index >= 15 is 0 Å². The molecule has 0 unspecified atom stereocenters. The number of methoxy groups -OCH3 is 1. The molecular weight excluding hydrogens is 515 g/mol. The molecule has 2 amide bonds. The number of fused-ring (bicyclic) bond motifs is 1. The average molecular weight is 544 g/mol. The zero-order valence-electron chi connectivity index (χ0n) is 21.8. The number of carbonyl (C=O) groups excluding carboxylic acids is 1. The monoisotopic (exact) mass is 543 g/mol. The lowest BCUT2D eigenvalue weighted by Crippen LogP contribution is -2.52. The van der Waals surface area contributed by atoms with Gasteiger partial charge in [-0.25, -0.2) is 4.79 Å². The van der Waals surface area contributed by atoms with Crippen LogP contribution in [0.25, 0.3) is 22.3 Å². The van der Waals surface area contributed by atoms with Gasteiger partial charge in [-0.1, -0.05) is 6.07 Å². The maximum absolute atomic E-state index is 13.4. The SMILES string of the molecule is COC1CN(c2nn(CC(F)(F)F)c3cc(-c4[nH]ncc4NC(=O)N(C)C(C)(C)c4ccccn4)ncc23)C1. The number of hydrogen-bond donors (Lipinski definition) is 2. The molecule has 0 atom stereocenters. The van der Waals surface area contributed by atoms with Gasteiger partial charge in [-0.05, 0) is 32.0 Å². The van der Waals surface area contributed by atoms with Crippen LogP contribution in [0.1, 0.15) is 19.5 Å². The summed E-state index contributed by atoms with van der Waals surface area (Å²) >= 11 is 0. The molecule has 1 aliphatic heterocycles. The maximum atomic E-state index is 13.4. The summed E-state index contributed by atoms with van der Waals surface area (Å²) in [4.78, 5) is 25.4. The Kier molecular flexibility index (Phi) is 6.66. The predicted molar refractivity (Wildman–Crippen MR) is 138 cm³/mol. The molecule has 39 heavy (non-hydrogen) atoms. The number of pyridine rings is 2. The van der Waals surface area contributed by atoms with Crippen molar-refractivity contribution in [2.24, 2.45) is 0 Å². The number of rotatable bonds is 7. The second-order valence-electron chi connectivity index (χ2n) is 9.87. The first kappa shape index (κ1) is 26.4. The number of aromatic amines is 1. The summed E-state index contributed by atoms with van der Waals surface area (Å²) in [5.74, 6) is 0.415. The maximum Gasteiger partial charge on any atom is 0.408 e. The first-order valence-corrected chi connectivity index (χ1v) is 12.2. The molecule has 5 heterocycles. The number of H-pyrrole nitrogens is 1. The van der Waals surface area contributed by atoms with Crippen LogP contribution >= 0.6 is 0 Å². The minimum atomic E-state index is -4.47. The summed E-state index contributed by atoms with van der Waals surface area (Å²) in [5.41, 5.74) is 1.20. The number of carbonyl (C=O) groups is 1. The van der Waals surface area contributed by atoms with Gasteiger partial charge in [-0.3, -0.25) is 19.7 Å². The van der Waals surface area contributed by atoms with Crippen molar-refractivity contribution < 1.29 is 22.7 Å². The van der Waals surface area contributed by atoms with Crippen LogP contribution in [-0.4, -0.2) is 80.4 Å². The van der Waals surface area contributed by atoms with Gasteiger partial charge in [0.2, 0.25) is 0 Å². The fraction of sp³-hybridized carbons (Fsp3) is 0.400. The largest absolute Gasteiger partial charge is 0.408 e. The first-order chi connectivity index (χ1) is 18.5. The zero-order valence-corrected chi connectivity index (χ0v) is 21.8. The summed E-state index contributed by atoms with van der Waals surface area (Å²) in [6, 6.07) is 6.56. The van der Waals surface area contributed by atoms with Gasteiger partial charge >= 0.3 is 12.2 Å². The highest BCUT2D eigenvalue weighted by molar-refractivity contribution is 5.96. The Morgan fingerprint density at radius 3 is 2.67 bits per heavy atom. The van der Waals surface area contributed by atoms with Gasteiger partial charge in [0.25, 0.3) is 0 Å². The quantitative estimate of drug-likeness (QED) is 0.362. The second-order valence-corrected chi connectivity index (χ2v) is 9.87. The van der Waals surface area contributed by atoms with Crippen molar-refractivity contribution in [2.45, 2.75) is 38.2 Å². The van der Waals surface area contributed by atoms with E-state index in [0.717, 1.165) is 4.68 Å². The summed E-state index contributed by atoms with van der Waals surface area (Å²) in [6.07, 6.45) is 0.0947. The molecule has 0 saturated carbocycles. The molecular formula is C25H28F3N9O2. The van der Waals surface area contributed by atoms with Crippen LogP contribution < -0.4 is 10.2 Å². The molecule has 1 fully saturated rings. The molecule has 0 aliphatic carbocycles. The highest BCUT2D eigenvalue weighted by Gasteiger charge is 2.34. The number of anilines is 2. The van der Waals surface area contributed by atoms with E-state index in [1.807, 2.05) is 30.9 Å². The van der Waals surface area contributed by atoms with Crippen LogP contribution in [0.2, 0.25) is 0 Å². The molecule has 0 aromatic carbocycles. The second kappa shape index (κ2) is 9.84. The number of ether oxygens (including phenoxy) is 1. The molecule has 0 spiro atoms. The molecule has 2 N–H and O–H groups in total. The highest BCUT2D eigenvalue weighted by atomic mass is 19.4. The number of amides is 2. The lowest BCUT2D eigenvalue weighted by Gasteiger charge is -2.38. The van der Waals surface area contributed by atoms with Crippen molar-refractivity contribution in [1.82, 2.24) is 34.8 Å². The van der Waals surface area contributed by atoms with Gasteiger partial charge in [0, 0.05) is 39.6 Å². The molecule has 206 valence electrons. The lowest BCUT2D eigenvalue weighted by atomic mass is 9.98. The van der Waals surface area contributed by atoms with E-state index in [1.54, 1.807) is 26.4 Å². The Bertz CT molecular complexity index is 1480. The summed E-state index contributed by atoms with van der Waals surface area (Å²) < 4.78 is 46.4. The number of aromatic nitrogens is 6. The van der Waals surface area contributed by atoms with Crippen LogP contribution in [0.15, 0.2) is 42.9 Å². The molecule has 1 saturated heterocycles. The van der Waals surface area contributed by atoms with Crippen molar-refractivity contribution in [3.63, 3.8) is 0 Å². The summed E-state index contributed by atoms with van der Waals surface area (Å²) in [6.45, 7) is 3.53. The van der Waals surface area contributed by atoms with Gasteiger partial charge < -0.3 is 19.9 Å². The summed E-state index contributed by atoms with van der Waals surface area (Å²) in [7, 11) is 3.24. The van der Waals surface area contributed by atoms with Gasteiger partial charge in [0.05, 0.1) is 45.8 Å². The van der Waals surface area contributed by atoms with E-state index in [4.69, 9.17) is 4.74 Å². The number of nitrogens with one attached hydrogen (secondary N) is 2. The predicted octanol–water partition coefficient (Wildman–Crippen LogP) is 4.01. The van der Waals surface area contributed by atoms with E-state index in [1.165, 1.54) is 23.4 Å². The van der Waals surface area contributed by atoms with Gasteiger partial charge in [0.15, 0.2) is 5.82 Å². The van der Waals surface area contributed by atoms with E-state index in [9.17, 15) is 18.0 Å². The Hall–Kier alpha value is -4.20. The van der Waals surface area contributed by atoms with E-state index in [0.29, 0.717) is 47.1 Å². The standard InChI is InChI=1S/C25H28F3N9O2/c1-24(2,20-7-5-6-8-29-20)35(3)23(38)32-18-11-31-33-21(18)17-9-19-16(10-30-17)22(36-12-15(13-36)39-4)34-37(19)14-25(26,27)28/h5-11,15H,12-14H2,1-4H3,(H,31,33)(H,32,38). The van der Waals surface area contributed by atoms with Crippen molar-refractivity contribution in [3.8, 4) is 11.4 Å². The lowest BCUT2D eigenvalue weighted by molar-refractivity contribution is -0.141. The van der Waals surface area contributed by atoms with Crippen molar-refractivity contribution in [2.75, 3.05) is 37.5 Å². The van der Waals surface area contributed by atoms with Crippen molar-refractivity contribution in [1.29, 1.82) is 0 Å². The van der Waals surface area contributed by atoms with Gasteiger partial charge in [-0.15, -0.1) is 0 Å². The molecule has 11 nitrogen and oxygen atoms in total. The molecule has 1 aliphatic rings. The number of urea groups is 1. The molecule has 14 heteroatoms.